The molecule has 0 spiro atoms. The molecule has 0 N–H and O–H groups in total. The fraction of sp³-hybridized carbons (Fsp3) is 0.133. The van der Waals surface area contributed by atoms with Crippen LogP contribution in [-0.2, 0) is 0 Å². The first kappa shape index (κ1) is 10.8. The number of hydrogen-bond donors (Lipinski definition) is 0. The smallest absolute Gasteiger partial charge is 0.138 e. The van der Waals surface area contributed by atoms with E-state index in [2.05, 4.69) is 4.98 Å². The van der Waals surface area contributed by atoms with E-state index in [4.69, 9.17) is 4.74 Å². The summed E-state index contributed by atoms with van der Waals surface area (Å²) in [4.78, 5) is 4.36. The van der Waals surface area contributed by atoms with E-state index in [0.29, 0.717) is 0 Å². The number of ether oxygens (including phenoxy) is 1. The third-order valence-electron chi connectivity index (χ3n) is 2.92. The van der Waals surface area contributed by atoms with Crippen LogP contribution in [-0.4, -0.2) is 9.38 Å². The molecule has 0 bridgehead atoms. The van der Waals surface area contributed by atoms with E-state index < -0.39 is 0 Å². The van der Waals surface area contributed by atoms with E-state index >= 15 is 0 Å². The predicted molar refractivity (Wildman–Crippen MR) is 70.7 cm³/mol. The third-order valence-corrected chi connectivity index (χ3v) is 2.92. The number of aromatic nitrogens is 2. The van der Waals surface area contributed by atoms with Crippen molar-refractivity contribution >= 4 is 5.65 Å². The third kappa shape index (κ3) is 1.95. The molecule has 18 heavy (non-hydrogen) atoms. The second kappa shape index (κ2) is 4.53. The molecule has 1 unspecified atom stereocenters. The Morgan fingerprint density at radius 1 is 1.06 bits per heavy atom. The van der Waals surface area contributed by atoms with Gasteiger partial charge in [0.25, 0.3) is 0 Å². The van der Waals surface area contributed by atoms with Gasteiger partial charge in [-0.25, -0.2) is 4.98 Å². The van der Waals surface area contributed by atoms with Crippen molar-refractivity contribution in [2.24, 2.45) is 0 Å². The summed E-state index contributed by atoms with van der Waals surface area (Å²) in [6.45, 7) is 2.03. The molecular formula is C15H14N2O. The minimum absolute atomic E-state index is 0.0372. The highest BCUT2D eigenvalue weighted by molar-refractivity contribution is 5.40. The molecule has 0 saturated heterocycles. The second-order valence-electron chi connectivity index (χ2n) is 4.19. The van der Waals surface area contributed by atoms with Crippen LogP contribution in [0, 0.1) is 0 Å². The van der Waals surface area contributed by atoms with Gasteiger partial charge >= 0.3 is 0 Å². The highest BCUT2D eigenvalue weighted by atomic mass is 16.5. The predicted octanol–water partition coefficient (Wildman–Crippen LogP) is 3.47. The van der Waals surface area contributed by atoms with Crippen LogP contribution < -0.4 is 4.74 Å². The zero-order valence-corrected chi connectivity index (χ0v) is 10.2. The molecule has 0 radical (unpaired) electrons. The van der Waals surface area contributed by atoms with E-state index in [9.17, 15) is 0 Å². The average molecular weight is 238 g/mol. The summed E-state index contributed by atoms with van der Waals surface area (Å²) < 4.78 is 7.96. The van der Waals surface area contributed by atoms with Crippen molar-refractivity contribution in [1.29, 1.82) is 0 Å². The highest BCUT2D eigenvalue weighted by Crippen LogP contribution is 2.21. The molecule has 1 atom stereocenters. The van der Waals surface area contributed by atoms with Crippen molar-refractivity contribution in [3.8, 4) is 5.75 Å². The maximum absolute atomic E-state index is 5.91. The Morgan fingerprint density at radius 2 is 1.83 bits per heavy atom. The van der Waals surface area contributed by atoms with Crippen molar-refractivity contribution in [2.75, 3.05) is 0 Å². The molecule has 90 valence electrons. The van der Waals surface area contributed by atoms with Crippen molar-refractivity contribution in [3.05, 3.63) is 66.6 Å². The Balaban J connectivity index is 1.90. The molecule has 0 aliphatic carbocycles. The highest BCUT2D eigenvalue weighted by Gasteiger charge is 2.12. The average Bonchev–Trinajstić information content (AvgIpc) is 2.84. The number of nitrogens with zero attached hydrogens (tertiary/aromatic N) is 2. The Morgan fingerprint density at radius 3 is 2.67 bits per heavy atom. The van der Waals surface area contributed by atoms with Crippen molar-refractivity contribution in [2.45, 2.75) is 13.0 Å². The lowest BCUT2D eigenvalue weighted by Crippen LogP contribution is -2.05. The van der Waals surface area contributed by atoms with E-state index in [1.54, 1.807) is 0 Å². The maximum Gasteiger partial charge on any atom is 0.138 e. The van der Waals surface area contributed by atoms with E-state index in [-0.39, 0.29) is 6.10 Å². The van der Waals surface area contributed by atoms with Gasteiger partial charge in [0.1, 0.15) is 17.5 Å². The minimum Gasteiger partial charge on any atom is -0.484 e. The van der Waals surface area contributed by atoms with Gasteiger partial charge in [-0.2, -0.15) is 0 Å². The molecule has 2 aromatic heterocycles. The van der Waals surface area contributed by atoms with Gasteiger partial charge in [0.15, 0.2) is 0 Å². The van der Waals surface area contributed by atoms with Crippen molar-refractivity contribution in [1.82, 2.24) is 9.38 Å². The molecular weight excluding hydrogens is 224 g/mol. The molecule has 3 aromatic rings. The lowest BCUT2D eigenvalue weighted by Gasteiger charge is -2.14. The number of pyridine rings is 1. The first-order valence-corrected chi connectivity index (χ1v) is 5.98. The van der Waals surface area contributed by atoms with Gasteiger partial charge < -0.3 is 9.14 Å². The summed E-state index contributed by atoms with van der Waals surface area (Å²) in [5.74, 6) is 0.871. The monoisotopic (exact) mass is 238 g/mol. The maximum atomic E-state index is 5.91. The summed E-state index contributed by atoms with van der Waals surface area (Å²) >= 11 is 0. The van der Waals surface area contributed by atoms with E-state index in [0.717, 1.165) is 17.1 Å². The van der Waals surface area contributed by atoms with Gasteiger partial charge in [-0.15, -0.1) is 0 Å². The van der Waals surface area contributed by atoms with Crippen LogP contribution in [0.15, 0.2) is 60.9 Å². The number of rotatable bonds is 3. The lowest BCUT2D eigenvalue weighted by molar-refractivity contribution is 0.221. The summed E-state index contributed by atoms with van der Waals surface area (Å²) in [5.41, 5.74) is 1.99. The van der Waals surface area contributed by atoms with Crippen LogP contribution >= 0.6 is 0 Å². The SMILES string of the molecule is CC(Oc1ccccc1)c1cnc2ccccn12. The van der Waals surface area contributed by atoms with Crippen LogP contribution in [0.4, 0.5) is 0 Å². The number of hydrogen-bond acceptors (Lipinski definition) is 2. The Hall–Kier alpha value is -2.29. The summed E-state index contributed by atoms with van der Waals surface area (Å²) in [6.07, 6.45) is 3.83. The fourth-order valence-corrected chi connectivity index (χ4v) is 2.02. The van der Waals surface area contributed by atoms with Gasteiger partial charge in [-0.3, -0.25) is 0 Å². The van der Waals surface area contributed by atoms with Crippen LogP contribution in [0.1, 0.15) is 18.7 Å². The van der Waals surface area contributed by atoms with Gasteiger partial charge in [-0.1, -0.05) is 24.3 Å². The van der Waals surface area contributed by atoms with E-state index in [1.807, 2.05) is 72.2 Å². The number of fused-ring (bicyclic) bond motifs is 1. The Kier molecular flexibility index (Phi) is 2.73. The van der Waals surface area contributed by atoms with Crippen molar-refractivity contribution in [3.63, 3.8) is 0 Å². The summed E-state index contributed by atoms with van der Waals surface area (Å²) in [7, 11) is 0. The Bertz CT molecular complexity index is 646. The zero-order valence-electron chi connectivity index (χ0n) is 10.2. The number of imidazole rings is 1. The van der Waals surface area contributed by atoms with Gasteiger partial charge in [0.05, 0.1) is 11.9 Å². The molecule has 2 heterocycles. The number of benzene rings is 1. The number of para-hydroxylation sites is 1. The topological polar surface area (TPSA) is 26.5 Å². The minimum atomic E-state index is -0.0372. The molecule has 1 aromatic carbocycles. The summed E-state index contributed by atoms with van der Waals surface area (Å²) in [6, 6.07) is 15.8. The largest absolute Gasteiger partial charge is 0.484 e. The van der Waals surface area contributed by atoms with Gasteiger partial charge in [-0.05, 0) is 31.2 Å². The molecule has 0 aliphatic heterocycles. The van der Waals surface area contributed by atoms with Crippen LogP contribution in [0.2, 0.25) is 0 Å². The molecule has 3 heteroatoms. The van der Waals surface area contributed by atoms with Crippen LogP contribution in [0.5, 0.6) is 5.75 Å². The molecule has 3 nitrogen and oxygen atoms in total. The van der Waals surface area contributed by atoms with Crippen LogP contribution in [0.25, 0.3) is 5.65 Å². The molecule has 0 amide bonds. The standard InChI is InChI=1S/C15H14N2O/c1-12(18-13-7-3-2-4-8-13)14-11-16-15-9-5-6-10-17(14)15/h2-12H,1H3. The second-order valence-corrected chi connectivity index (χ2v) is 4.19. The normalized spacial score (nSPS) is 12.5. The molecule has 0 fully saturated rings. The van der Waals surface area contributed by atoms with Gasteiger partial charge in [0.2, 0.25) is 0 Å². The zero-order chi connectivity index (χ0) is 12.4. The quantitative estimate of drug-likeness (QED) is 0.698. The van der Waals surface area contributed by atoms with E-state index in [1.165, 1.54) is 0 Å². The lowest BCUT2D eigenvalue weighted by atomic mass is 10.3. The molecule has 3 rings (SSSR count). The van der Waals surface area contributed by atoms with Crippen molar-refractivity contribution < 1.29 is 4.74 Å². The first-order valence-electron chi connectivity index (χ1n) is 5.98. The molecule has 0 saturated carbocycles. The summed E-state index contributed by atoms with van der Waals surface area (Å²) in [5, 5.41) is 0. The fourth-order valence-electron chi connectivity index (χ4n) is 2.02. The first-order chi connectivity index (χ1) is 8.84. The van der Waals surface area contributed by atoms with Crippen LogP contribution in [0.3, 0.4) is 0 Å². The Labute approximate surface area is 106 Å². The molecule has 0 aliphatic rings. The van der Waals surface area contributed by atoms with Gasteiger partial charge in [0, 0.05) is 6.20 Å².